The van der Waals surface area contributed by atoms with Gasteiger partial charge >= 0.3 is 11.7 Å². The normalized spacial score (nSPS) is 21.0. The molecule has 130 valence electrons. The Morgan fingerprint density at radius 3 is 2.62 bits per heavy atom. The predicted octanol–water partition coefficient (Wildman–Crippen LogP) is 2.46. The predicted molar refractivity (Wildman–Crippen MR) is 86.5 cm³/mol. The molecule has 0 atom stereocenters. The van der Waals surface area contributed by atoms with Gasteiger partial charge in [0.25, 0.3) is 0 Å². The summed E-state index contributed by atoms with van der Waals surface area (Å²) in [6, 6.07) is 2.82. The fourth-order valence-corrected chi connectivity index (χ4v) is 3.50. The molecule has 1 saturated carbocycles. The lowest BCUT2D eigenvalue weighted by Crippen LogP contribution is -2.27. The van der Waals surface area contributed by atoms with Crippen LogP contribution in [0.5, 0.6) is 5.75 Å². The fourth-order valence-electron chi connectivity index (χ4n) is 3.50. The number of esters is 1. The van der Waals surface area contributed by atoms with E-state index in [0.717, 1.165) is 25.7 Å². The van der Waals surface area contributed by atoms with Crippen LogP contribution in [-0.4, -0.2) is 29.7 Å². The monoisotopic (exact) mass is 336 g/mol. The van der Waals surface area contributed by atoms with Crippen LogP contribution in [0.15, 0.2) is 16.9 Å². The smallest absolute Gasteiger partial charge is 0.326 e. The Balaban J connectivity index is 1.80. The van der Waals surface area contributed by atoms with Crippen LogP contribution in [0.4, 0.5) is 4.39 Å². The van der Waals surface area contributed by atoms with Gasteiger partial charge in [0.2, 0.25) is 0 Å². The third kappa shape index (κ3) is 3.02. The quantitative estimate of drug-likeness (QED) is 0.871. The molecule has 6 nitrogen and oxygen atoms in total. The summed E-state index contributed by atoms with van der Waals surface area (Å²) in [6.45, 7) is 0.543. The number of carbonyl (C=O) groups is 1. The number of benzene rings is 1. The molecular weight excluding hydrogens is 315 g/mol. The van der Waals surface area contributed by atoms with Gasteiger partial charge in [-0.1, -0.05) is 0 Å². The second-order valence-corrected chi connectivity index (χ2v) is 6.29. The van der Waals surface area contributed by atoms with Crippen molar-refractivity contribution in [2.75, 3.05) is 14.2 Å². The standard InChI is InChI=1S/C17H21FN2O4/c1-23-15-8-14-13(7-12(15)18)19-17(22)20(14)9-10-3-5-11(6-4-10)16(21)24-2/h7-8,10-11H,3-6,9H2,1-2H3,(H,19,22). The van der Waals surface area contributed by atoms with Crippen LogP contribution in [0, 0.1) is 17.7 Å². The van der Waals surface area contributed by atoms with Crippen LogP contribution in [0.3, 0.4) is 0 Å². The Morgan fingerprint density at radius 2 is 2.00 bits per heavy atom. The molecule has 0 unspecified atom stereocenters. The van der Waals surface area contributed by atoms with Crippen molar-refractivity contribution < 1.29 is 18.7 Å². The van der Waals surface area contributed by atoms with Crippen LogP contribution in [0.2, 0.25) is 0 Å². The maximum Gasteiger partial charge on any atom is 0.326 e. The number of ether oxygens (including phenoxy) is 2. The minimum absolute atomic E-state index is 0.0415. The third-order valence-electron chi connectivity index (χ3n) is 4.87. The second-order valence-electron chi connectivity index (χ2n) is 6.29. The van der Waals surface area contributed by atoms with Crippen molar-refractivity contribution in [3.05, 3.63) is 28.4 Å². The number of hydrogen-bond donors (Lipinski definition) is 1. The van der Waals surface area contributed by atoms with Gasteiger partial charge in [0.15, 0.2) is 11.6 Å². The number of imidazole rings is 1. The molecule has 0 saturated heterocycles. The van der Waals surface area contributed by atoms with Crippen LogP contribution in [-0.2, 0) is 16.1 Å². The molecule has 0 bridgehead atoms. The van der Waals surface area contributed by atoms with Crippen molar-refractivity contribution in [2.24, 2.45) is 11.8 Å². The molecule has 1 N–H and O–H groups in total. The maximum atomic E-state index is 13.8. The van der Waals surface area contributed by atoms with E-state index in [-0.39, 0.29) is 23.3 Å². The minimum Gasteiger partial charge on any atom is -0.494 e. The number of aromatic amines is 1. The number of rotatable bonds is 4. The van der Waals surface area contributed by atoms with E-state index in [1.807, 2.05) is 0 Å². The van der Waals surface area contributed by atoms with E-state index in [9.17, 15) is 14.0 Å². The number of fused-ring (bicyclic) bond motifs is 1. The number of carbonyl (C=O) groups excluding carboxylic acids is 1. The van der Waals surface area contributed by atoms with Gasteiger partial charge in [0, 0.05) is 18.7 Å². The van der Waals surface area contributed by atoms with Crippen LogP contribution >= 0.6 is 0 Å². The lowest BCUT2D eigenvalue weighted by atomic mass is 9.82. The summed E-state index contributed by atoms with van der Waals surface area (Å²) in [5.74, 6) is -0.279. The highest BCUT2D eigenvalue weighted by Gasteiger charge is 2.27. The molecule has 0 spiro atoms. The van der Waals surface area contributed by atoms with E-state index < -0.39 is 5.82 Å². The third-order valence-corrected chi connectivity index (χ3v) is 4.87. The molecule has 1 aliphatic carbocycles. The Morgan fingerprint density at radius 1 is 1.29 bits per heavy atom. The summed E-state index contributed by atoms with van der Waals surface area (Å²) in [4.78, 5) is 26.5. The van der Waals surface area contributed by atoms with Crippen molar-refractivity contribution in [3.63, 3.8) is 0 Å². The average Bonchev–Trinajstić information content (AvgIpc) is 2.88. The molecule has 7 heteroatoms. The SMILES string of the molecule is COC(=O)C1CCC(Cn2c(=O)[nH]c3cc(F)c(OC)cc32)CC1. The minimum atomic E-state index is -0.503. The molecular formula is C17H21FN2O4. The van der Waals surface area contributed by atoms with Crippen molar-refractivity contribution in [1.82, 2.24) is 9.55 Å². The Bertz CT molecular complexity index is 803. The van der Waals surface area contributed by atoms with Crippen LogP contribution in [0.1, 0.15) is 25.7 Å². The van der Waals surface area contributed by atoms with Crippen molar-refractivity contribution in [1.29, 1.82) is 0 Å². The van der Waals surface area contributed by atoms with E-state index in [2.05, 4.69) is 4.98 Å². The molecule has 2 aromatic rings. The summed E-state index contributed by atoms with van der Waals surface area (Å²) in [5.41, 5.74) is 0.836. The number of H-pyrrole nitrogens is 1. The van der Waals surface area contributed by atoms with E-state index in [4.69, 9.17) is 9.47 Å². The van der Waals surface area contributed by atoms with E-state index in [0.29, 0.717) is 23.5 Å². The molecule has 3 rings (SSSR count). The average molecular weight is 336 g/mol. The first-order valence-corrected chi connectivity index (χ1v) is 8.07. The van der Waals surface area contributed by atoms with Gasteiger partial charge in [-0.25, -0.2) is 9.18 Å². The molecule has 1 aliphatic rings. The largest absolute Gasteiger partial charge is 0.494 e. The molecule has 1 aromatic heterocycles. The first kappa shape index (κ1) is 16.5. The zero-order valence-electron chi connectivity index (χ0n) is 13.8. The van der Waals surface area contributed by atoms with Gasteiger partial charge < -0.3 is 14.5 Å². The zero-order valence-corrected chi connectivity index (χ0v) is 13.8. The fraction of sp³-hybridized carbons (Fsp3) is 0.529. The van der Waals surface area contributed by atoms with Gasteiger partial charge in [-0.05, 0) is 31.6 Å². The number of methoxy groups -OCH3 is 2. The lowest BCUT2D eigenvalue weighted by molar-refractivity contribution is -0.146. The molecule has 1 heterocycles. The Kier molecular flexibility index (Phi) is 4.59. The molecule has 0 amide bonds. The highest BCUT2D eigenvalue weighted by atomic mass is 19.1. The van der Waals surface area contributed by atoms with Crippen molar-refractivity contribution in [3.8, 4) is 5.75 Å². The van der Waals surface area contributed by atoms with Gasteiger partial charge in [-0.3, -0.25) is 9.36 Å². The summed E-state index contributed by atoms with van der Waals surface area (Å²) >= 11 is 0. The summed E-state index contributed by atoms with van der Waals surface area (Å²) in [6.07, 6.45) is 3.26. The second kappa shape index (κ2) is 6.67. The zero-order chi connectivity index (χ0) is 17.3. The molecule has 0 aliphatic heterocycles. The van der Waals surface area contributed by atoms with E-state index >= 15 is 0 Å². The van der Waals surface area contributed by atoms with E-state index in [1.54, 1.807) is 10.6 Å². The number of nitrogens with one attached hydrogen (secondary N) is 1. The summed E-state index contributed by atoms with van der Waals surface area (Å²) in [7, 11) is 2.81. The lowest BCUT2D eigenvalue weighted by Gasteiger charge is -2.27. The number of hydrogen-bond acceptors (Lipinski definition) is 4. The topological polar surface area (TPSA) is 73.3 Å². The summed E-state index contributed by atoms with van der Waals surface area (Å²) < 4.78 is 25.2. The first-order chi connectivity index (χ1) is 11.5. The molecule has 1 fully saturated rings. The molecule has 0 radical (unpaired) electrons. The van der Waals surface area contributed by atoms with Crippen molar-refractivity contribution >= 4 is 17.0 Å². The maximum absolute atomic E-state index is 13.8. The molecule has 24 heavy (non-hydrogen) atoms. The van der Waals surface area contributed by atoms with Gasteiger partial charge in [-0.15, -0.1) is 0 Å². The van der Waals surface area contributed by atoms with E-state index in [1.165, 1.54) is 20.3 Å². The Hall–Kier alpha value is -2.31. The number of halogens is 1. The number of nitrogens with zero attached hydrogens (tertiary/aromatic N) is 1. The van der Waals surface area contributed by atoms with Crippen LogP contribution < -0.4 is 10.4 Å². The Labute approximate surface area is 138 Å². The van der Waals surface area contributed by atoms with Crippen molar-refractivity contribution in [2.45, 2.75) is 32.2 Å². The number of aromatic nitrogens is 2. The highest BCUT2D eigenvalue weighted by Crippen LogP contribution is 2.31. The molecule has 1 aromatic carbocycles. The van der Waals surface area contributed by atoms with Gasteiger partial charge in [0.1, 0.15) is 0 Å². The first-order valence-electron chi connectivity index (χ1n) is 8.07. The summed E-state index contributed by atoms with van der Waals surface area (Å²) in [5, 5.41) is 0. The van der Waals surface area contributed by atoms with Gasteiger partial charge in [0.05, 0.1) is 31.2 Å². The van der Waals surface area contributed by atoms with Crippen LogP contribution in [0.25, 0.3) is 11.0 Å². The van der Waals surface area contributed by atoms with Gasteiger partial charge in [-0.2, -0.15) is 0 Å². The highest BCUT2D eigenvalue weighted by molar-refractivity contribution is 5.77.